The molecule has 5 rings (SSSR count). The van der Waals surface area contributed by atoms with Gasteiger partial charge in [-0.15, -0.1) is 0 Å². The number of oxime groups is 1. The fourth-order valence-corrected chi connectivity index (χ4v) is 4.42. The fraction of sp³-hybridized carbons (Fsp3) is 0.391. The Labute approximate surface area is 173 Å². The van der Waals surface area contributed by atoms with E-state index in [0.717, 1.165) is 56.6 Å². The average molecular weight is 409 g/mol. The topological polar surface area (TPSA) is 70.8 Å². The highest BCUT2D eigenvalue weighted by Gasteiger charge is 2.27. The summed E-state index contributed by atoms with van der Waals surface area (Å²) >= 11 is 0. The van der Waals surface area contributed by atoms with Gasteiger partial charge in [0.15, 0.2) is 11.7 Å². The van der Waals surface area contributed by atoms with Crippen LogP contribution in [0.2, 0.25) is 0 Å². The molecule has 1 aromatic heterocycles. The van der Waals surface area contributed by atoms with E-state index in [-0.39, 0.29) is 11.9 Å². The standard InChI is InChI=1S/C23H24FN3O3/c24-18-4-1-15(2-5-18)11-16-7-9-27(10-8-16)14-19-13-21(30-26-19)17-3-6-20-22(12-17)29-23(28)25-20/h1-6,12,16,21H,7-11,13-14H2,(H,25,28). The van der Waals surface area contributed by atoms with Crippen LogP contribution >= 0.6 is 0 Å². The first-order chi connectivity index (χ1) is 14.6. The van der Waals surface area contributed by atoms with Crippen LogP contribution in [0, 0.1) is 11.7 Å². The molecule has 2 aliphatic heterocycles. The van der Waals surface area contributed by atoms with Gasteiger partial charge in [-0.25, -0.2) is 9.18 Å². The molecule has 7 heteroatoms. The van der Waals surface area contributed by atoms with E-state index in [2.05, 4.69) is 15.0 Å². The molecule has 0 amide bonds. The molecule has 156 valence electrons. The minimum absolute atomic E-state index is 0.138. The van der Waals surface area contributed by atoms with Crippen molar-refractivity contribution in [1.82, 2.24) is 9.88 Å². The maximum atomic E-state index is 13.1. The summed E-state index contributed by atoms with van der Waals surface area (Å²) in [5.41, 5.74) is 4.44. The van der Waals surface area contributed by atoms with Gasteiger partial charge in [0.2, 0.25) is 0 Å². The fourth-order valence-electron chi connectivity index (χ4n) is 4.42. The summed E-state index contributed by atoms with van der Waals surface area (Å²) in [6, 6.07) is 12.5. The molecule has 0 radical (unpaired) electrons. The number of hydrogen-bond donors (Lipinski definition) is 1. The molecule has 30 heavy (non-hydrogen) atoms. The first-order valence-corrected chi connectivity index (χ1v) is 10.4. The van der Waals surface area contributed by atoms with E-state index in [9.17, 15) is 9.18 Å². The largest absolute Gasteiger partial charge is 0.417 e. The summed E-state index contributed by atoms with van der Waals surface area (Å²) in [7, 11) is 0. The molecular weight excluding hydrogens is 385 g/mol. The number of oxazole rings is 1. The van der Waals surface area contributed by atoms with Gasteiger partial charge in [-0.3, -0.25) is 9.88 Å². The van der Waals surface area contributed by atoms with E-state index < -0.39 is 5.76 Å². The minimum Gasteiger partial charge on any atom is -0.408 e. The highest BCUT2D eigenvalue weighted by Crippen LogP contribution is 2.30. The van der Waals surface area contributed by atoms with Gasteiger partial charge < -0.3 is 9.25 Å². The molecule has 1 unspecified atom stereocenters. The number of hydrogen-bond acceptors (Lipinski definition) is 5. The zero-order chi connectivity index (χ0) is 20.5. The Morgan fingerprint density at radius 1 is 1.13 bits per heavy atom. The van der Waals surface area contributed by atoms with Crippen molar-refractivity contribution < 1.29 is 13.6 Å². The van der Waals surface area contributed by atoms with E-state index in [4.69, 9.17) is 9.25 Å². The third kappa shape index (κ3) is 4.16. The minimum atomic E-state index is -0.450. The first-order valence-electron chi connectivity index (χ1n) is 10.4. The lowest BCUT2D eigenvalue weighted by Gasteiger charge is -2.31. The molecule has 2 aliphatic rings. The van der Waals surface area contributed by atoms with Crippen molar-refractivity contribution in [3.05, 3.63) is 70.0 Å². The summed E-state index contributed by atoms with van der Waals surface area (Å²) in [6.45, 7) is 2.90. The first kappa shape index (κ1) is 19.1. The number of benzene rings is 2. The number of aromatic nitrogens is 1. The maximum Gasteiger partial charge on any atom is 0.417 e. The number of nitrogens with zero attached hydrogens (tertiary/aromatic N) is 2. The van der Waals surface area contributed by atoms with Crippen LogP contribution in [0.25, 0.3) is 11.1 Å². The lowest BCUT2D eigenvalue weighted by molar-refractivity contribution is 0.0857. The number of likely N-dealkylation sites (tertiary alicyclic amines) is 1. The van der Waals surface area contributed by atoms with Crippen molar-refractivity contribution in [3.63, 3.8) is 0 Å². The van der Waals surface area contributed by atoms with E-state index in [0.29, 0.717) is 17.0 Å². The third-order valence-electron chi connectivity index (χ3n) is 6.10. The van der Waals surface area contributed by atoms with E-state index >= 15 is 0 Å². The van der Waals surface area contributed by atoms with Gasteiger partial charge in [0, 0.05) is 13.0 Å². The second-order valence-corrected chi connectivity index (χ2v) is 8.28. The summed E-state index contributed by atoms with van der Waals surface area (Å²) in [6.07, 6.45) is 3.89. The molecule has 1 saturated heterocycles. The van der Waals surface area contributed by atoms with E-state index in [1.165, 1.54) is 5.56 Å². The maximum absolute atomic E-state index is 13.1. The van der Waals surface area contributed by atoms with Gasteiger partial charge in [0.25, 0.3) is 0 Å². The number of aromatic amines is 1. The van der Waals surface area contributed by atoms with E-state index in [1.54, 1.807) is 12.1 Å². The number of H-pyrrole nitrogens is 1. The van der Waals surface area contributed by atoms with Crippen LogP contribution in [0.5, 0.6) is 0 Å². The monoisotopic (exact) mass is 409 g/mol. The normalized spacial score (nSPS) is 20.4. The van der Waals surface area contributed by atoms with Crippen molar-refractivity contribution in [2.45, 2.75) is 31.8 Å². The Bertz CT molecular complexity index is 1110. The average Bonchev–Trinajstić information content (AvgIpc) is 3.36. The van der Waals surface area contributed by atoms with Crippen molar-refractivity contribution in [3.8, 4) is 0 Å². The number of rotatable bonds is 5. The van der Waals surface area contributed by atoms with Crippen molar-refractivity contribution in [1.29, 1.82) is 0 Å². The zero-order valence-corrected chi connectivity index (χ0v) is 16.6. The molecular formula is C23H24FN3O3. The number of halogens is 1. The van der Waals surface area contributed by atoms with Crippen LogP contribution in [-0.2, 0) is 11.3 Å². The second kappa shape index (κ2) is 8.07. The van der Waals surface area contributed by atoms with E-state index in [1.807, 2.05) is 30.3 Å². The molecule has 1 N–H and O–H groups in total. The van der Waals surface area contributed by atoms with Crippen LogP contribution in [-0.4, -0.2) is 35.2 Å². The second-order valence-electron chi connectivity index (χ2n) is 8.28. The molecule has 0 saturated carbocycles. The van der Waals surface area contributed by atoms with Gasteiger partial charge in [-0.1, -0.05) is 23.4 Å². The highest BCUT2D eigenvalue weighted by atomic mass is 19.1. The summed E-state index contributed by atoms with van der Waals surface area (Å²) in [4.78, 5) is 22.1. The van der Waals surface area contributed by atoms with Crippen LogP contribution in [0.1, 0.15) is 36.5 Å². The molecule has 2 aromatic carbocycles. The zero-order valence-electron chi connectivity index (χ0n) is 16.6. The van der Waals surface area contributed by atoms with Gasteiger partial charge in [0.05, 0.1) is 11.2 Å². The lowest BCUT2D eigenvalue weighted by atomic mass is 9.90. The Morgan fingerprint density at radius 3 is 2.73 bits per heavy atom. The quantitative estimate of drug-likeness (QED) is 0.691. The molecule has 1 atom stereocenters. The number of piperidine rings is 1. The van der Waals surface area contributed by atoms with Crippen LogP contribution in [0.3, 0.4) is 0 Å². The van der Waals surface area contributed by atoms with Gasteiger partial charge in [-0.2, -0.15) is 0 Å². The van der Waals surface area contributed by atoms with Crippen molar-refractivity contribution >= 4 is 16.8 Å². The summed E-state index contributed by atoms with van der Waals surface area (Å²) in [5, 5.41) is 4.31. The molecule has 0 spiro atoms. The van der Waals surface area contributed by atoms with Crippen LogP contribution in [0.15, 0.2) is 56.8 Å². The number of nitrogens with one attached hydrogen (secondary N) is 1. The smallest absolute Gasteiger partial charge is 0.408 e. The molecule has 0 aliphatic carbocycles. The highest BCUT2D eigenvalue weighted by molar-refractivity contribution is 5.87. The van der Waals surface area contributed by atoms with Crippen molar-refractivity contribution in [2.24, 2.45) is 11.1 Å². The summed E-state index contributed by atoms with van der Waals surface area (Å²) in [5.74, 6) is 0.0159. The Hall–Kier alpha value is -2.93. The molecule has 3 heterocycles. The number of fused-ring (bicyclic) bond motifs is 1. The SMILES string of the molecule is O=c1[nH]c2ccc(C3CC(CN4CCC(Cc5ccc(F)cc5)CC4)=NO3)cc2o1. The Morgan fingerprint density at radius 2 is 1.93 bits per heavy atom. The van der Waals surface area contributed by atoms with Gasteiger partial charge in [-0.05, 0) is 73.7 Å². The van der Waals surface area contributed by atoms with Gasteiger partial charge >= 0.3 is 5.76 Å². The molecule has 6 nitrogen and oxygen atoms in total. The Balaban J connectivity index is 1.12. The van der Waals surface area contributed by atoms with Crippen LogP contribution < -0.4 is 5.76 Å². The lowest BCUT2D eigenvalue weighted by Crippen LogP contribution is -2.37. The predicted octanol–water partition coefficient (Wildman–Crippen LogP) is 4.03. The molecule has 0 bridgehead atoms. The third-order valence-corrected chi connectivity index (χ3v) is 6.10. The van der Waals surface area contributed by atoms with Crippen LogP contribution in [0.4, 0.5) is 4.39 Å². The predicted molar refractivity (Wildman–Crippen MR) is 112 cm³/mol. The van der Waals surface area contributed by atoms with Crippen molar-refractivity contribution in [2.75, 3.05) is 19.6 Å². The summed E-state index contributed by atoms with van der Waals surface area (Å²) < 4.78 is 18.2. The molecule has 1 fully saturated rings. The Kier molecular flexibility index (Phi) is 5.12. The molecule has 3 aromatic rings. The van der Waals surface area contributed by atoms with Gasteiger partial charge in [0.1, 0.15) is 5.82 Å².